The number of carboxylic acids is 1. The maximum absolute atomic E-state index is 12.6. The third-order valence-corrected chi connectivity index (χ3v) is 9.21. The molecule has 3 N–H and O–H groups in total. The average Bonchev–Trinajstić information content (AvgIpc) is 2.96. The second-order valence-corrected chi connectivity index (χ2v) is 12.0. The number of aliphatic carboxylic acids is 1. The Kier molecular flexibility index (Phi) is 5.49. The van der Waals surface area contributed by atoms with E-state index in [0.29, 0.717) is 6.42 Å². The Balaban J connectivity index is 1.70. The molecule has 8 atom stereocenters. The molecule has 0 spiro atoms. The second kappa shape index (κ2) is 7.51. The molecule has 7 nitrogen and oxygen atoms in total. The van der Waals surface area contributed by atoms with Crippen LogP contribution in [0.5, 0.6) is 0 Å². The van der Waals surface area contributed by atoms with E-state index >= 15 is 0 Å². The number of hydrogen-bond donors (Lipinski definition) is 3. The molecule has 7 heteroatoms. The number of allylic oxidation sites excluding steroid dienone is 4. The van der Waals surface area contributed by atoms with Gasteiger partial charge in [-0.05, 0) is 76.9 Å². The van der Waals surface area contributed by atoms with Crippen molar-refractivity contribution in [1.29, 1.82) is 0 Å². The Hall–Kier alpha value is -1.99. The lowest BCUT2D eigenvalue weighted by Crippen LogP contribution is -2.64. The first kappa shape index (κ1) is 24.1. The van der Waals surface area contributed by atoms with Crippen molar-refractivity contribution >= 4 is 17.7 Å². The fourth-order valence-corrected chi connectivity index (χ4v) is 7.43. The maximum atomic E-state index is 12.6. The molecular weight excluding hydrogens is 424 g/mol. The Bertz CT molecular complexity index is 943. The van der Waals surface area contributed by atoms with Crippen LogP contribution in [0.25, 0.3) is 0 Å². The molecule has 0 heterocycles. The third-order valence-electron chi connectivity index (χ3n) is 9.21. The van der Waals surface area contributed by atoms with Gasteiger partial charge in [-0.25, -0.2) is 4.79 Å². The Morgan fingerprint density at radius 2 is 1.88 bits per heavy atom. The van der Waals surface area contributed by atoms with Crippen LogP contribution in [0.3, 0.4) is 0 Å². The van der Waals surface area contributed by atoms with Crippen molar-refractivity contribution in [3.05, 3.63) is 23.8 Å². The van der Waals surface area contributed by atoms with Crippen LogP contribution in [-0.4, -0.2) is 50.9 Å². The van der Waals surface area contributed by atoms with Crippen molar-refractivity contribution in [2.24, 2.45) is 34.0 Å². The summed E-state index contributed by atoms with van der Waals surface area (Å²) in [6, 6.07) is 0. The topological polar surface area (TPSA) is 121 Å². The van der Waals surface area contributed by atoms with Gasteiger partial charge in [-0.3, -0.25) is 9.59 Å². The third kappa shape index (κ3) is 3.42. The van der Waals surface area contributed by atoms with E-state index in [4.69, 9.17) is 4.74 Å². The first-order chi connectivity index (χ1) is 15.1. The van der Waals surface area contributed by atoms with Crippen molar-refractivity contribution in [3.8, 4) is 0 Å². The van der Waals surface area contributed by atoms with Gasteiger partial charge in [0.25, 0.3) is 0 Å². The highest BCUT2D eigenvalue weighted by Gasteiger charge is 2.70. The van der Waals surface area contributed by atoms with E-state index in [9.17, 15) is 29.7 Å². The molecule has 4 rings (SSSR count). The molecule has 0 amide bonds. The summed E-state index contributed by atoms with van der Waals surface area (Å²) in [6.07, 6.45) is 5.16. The number of rotatable bonds is 3. The molecule has 0 radical (unpaired) electrons. The number of aliphatic hydroxyl groups excluding tert-OH is 1. The molecule has 33 heavy (non-hydrogen) atoms. The van der Waals surface area contributed by atoms with Gasteiger partial charge in [0, 0.05) is 16.7 Å². The molecule has 3 fully saturated rings. The van der Waals surface area contributed by atoms with Crippen LogP contribution >= 0.6 is 0 Å². The zero-order valence-corrected chi connectivity index (χ0v) is 20.1. The van der Waals surface area contributed by atoms with Crippen LogP contribution in [0.15, 0.2) is 23.8 Å². The predicted molar refractivity (Wildman–Crippen MR) is 120 cm³/mol. The highest BCUT2D eigenvalue weighted by molar-refractivity contribution is 6.01. The Morgan fingerprint density at radius 1 is 1.21 bits per heavy atom. The fraction of sp³-hybridized carbons (Fsp3) is 0.731. The maximum Gasteiger partial charge on any atom is 0.348 e. The second-order valence-electron chi connectivity index (χ2n) is 12.0. The zero-order chi connectivity index (χ0) is 24.6. The highest BCUT2D eigenvalue weighted by atomic mass is 16.6. The summed E-state index contributed by atoms with van der Waals surface area (Å²) in [4.78, 5) is 36.8. The van der Waals surface area contributed by atoms with E-state index in [0.717, 1.165) is 18.4 Å². The minimum absolute atomic E-state index is 0.0312. The number of carboxylic acid groups (broad SMARTS) is 1. The lowest BCUT2D eigenvalue weighted by atomic mass is 9.46. The highest BCUT2D eigenvalue weighted by Crippen LogP contribution is 2.67. The van der Waals surface area contributed by atoms with Crippen LogP contribution in [0.4, 0.5) is 0 Å². The molecule has 0 bridgehead atoms. The number of carbonyl (C=O) groups is 3. The molecule has 182 valence electrons. The van der Waals surface area contributed by atoms with Crippen molar-refractivity contribution in [2.75, 3.05) is 0 Å². The summed E-state index contributed by atoms with van der Waals surface area (Å²) in [5.41, 5.74) is -3.03. The number of ketones is 1. The van der Waals surface area contributed by atoms with Gasteiger partial charge in [-0.2, -0.15) is 0 Å². The lowest BCUT2D eigenvalue weighted by molar-refractivity contribution is -0.220. The average molecular weight is 461 g/mol. The first-order valence-corrected chi connectivity index (χ1v) is 11.9. The molecule has 0 aliphatic heterocycles. The largest absolute Gasteiger partial charge is 0.478 e. The molecule has 3 saturated carbocycles. The van der Waals surface area contributed by atoms with Crippen LogP contribution in [0, 0.1) is 34.0 Å². The molecule has 0 aromatic rings. The molecule has 0 aromatic carbocycles. The minimum Gasteiger partial charge on any atom is -0.478 e. The number of aliphatic hydroxyl groups is 2. The molecule has 0 unspecified atom stereocenters. The van der Waals surface area contributed by atoms with Crippen molar-refractivity contribution in [2.45, 2.75) is 84.5 Å². The Morgan fingerprint density at radius 3 is 2.48 bits per heavy atom. The van der Waals surface area contributed by atoms with Gasteiger partial charge in [-0.1, -0.05) is 25.5 Å². The van der Waals surface area contributed by atoms with Crippen molar-refractivity contribution in [1.82, 2.24) is 0 Å². The van der Waals surface area contributed by atoms with Gasteiger partial charge < -0.3 is 20.1 Å². The van der Waals surface area contributed by atoms with E-state index in [1.54, 1.807) is 32.9 Å². The summed E-state index contributed by atoms with van der Waals surface area (Å²) in [7, 11) is 0. The van der Waals surface area contributed by atoms with Crippen LogP contribution in [0.2, 0.25) is 0 Å². The van der Waals surface area contributed by atoms with E-state index in [2.05, 4.69) is 6.92 Å². The van der Waals surface area contributed by atoms with Gasteiger partial charge >= 0.3 is 11.9 Å². The lowest BCUT2D eigenvalue weighted by Gasteiger charge is -2.60. The summed E-state index contributed by atoms with van der Waals surface area (Å²) < 4.78 is 5.44. The summed E-state index contributed by atoms with van der Waals surface area (Å²) in [5.74, 6) is -2.18. The number of carbonyl (C=O) groups excluding carboxylic acids is 2. The van der Waals surface area contributed by atoms with Crippen molar-refractivity contribution < 1.29 is 34.4 Å². The number of esters is 1. The molecule has 4 aliphatic rings. The molecule has 0 saturated heterocycles. The summed E-state index contributed by atoms with van der Waals surface area (Å²) in [6.45, 7) is 8.84. The quantitative estimate of drug-likeness (QED) is 0.554. The zero-order valence-electron chi connectivity index (χ0n) is 20.1. The van der Waals surface area contributed by atoms with E-state index in [1.807, 2.05) is 13.0 Å². The van der Waals surface area contributed by atoms with Gasteiger partial charge in [0.15, 0.2) is 5.78 Å². The van der Waals surface area contributed by atoms with Crippen LogP contribution in [-0.2, 0) is 19.1 Å². The fourth-order valence-electron chi connectivity index (χ4n) is 7.43. The molecule has 4 aliphatic carbocycles. The van der Waals surface area contributed by atoms with Crippen molar-refractivity contribution in [3.63, 3.8) is 0 Å². The first-order valence-electron chi connectivity index (χ1n) is 11.9. The molecular formula is C26H36O7. The van der Waals surface area contributed by atoms with E-state index < -0.39 is 46.0 Å². The SMILES string of the molecule is CC(C)(C)C(=O)O[C@@H](C(=O)O)[C@@]1(O)CC[C@H]2[C@@H]3CCC4=CC(=O)C=C[C@]4(C)[C@H]3[C@@H](O)C[C@@]21C. The number of fused-ring (bicyclic) bond motifs is 5. The van der Waals surface area contributed by atoms with Crippen LogP contribution in [0.1, 0.15) is 66.7 Å². The van der Waals surface area contributed by atoms with Gasteiger partial charge in [-0.15, -0.1) is 0 Å². The summed E-state index contributed by atoms with van der Waals surface area (Å²) in [5, 5.41) is 33.3. The number of hydrogen-bond acceptors (Lipinski definition) is 6. The molecule has 0 aromatic heterocycles. The monoisotopic (exact) mass is 460 g/mol. The summed E-state index contributed by atoms with van der Waals surface area (Å²) >= 11 is 0. The predicted octanol–water partition coefficient (Wildman–Crippen LogP) is 3.04. The van der Waals surface area contributed by atoms with Gasteiger partial charge in [0.2, 0.25) is 6.10 Å². The van der Waals surface area contributed by atoms with E-state index in [1.165, 1.54) is 0 Å². The van der Waals surface area contributed by atoms with Gasteiger partial charge in [0.05, 0.1) is 11.5 Å². The normalized spacial score (nSPS) is 43.1. The number of ether oxygens (including phenoxy) is 1. The van der Waals surface area contributed by atoms with E-state index in [-0.39, 0.29) is 36.4 Å². The van der Waals surface area contributed by atoms with Gasteiger partial charge in [0.1, 0.15) is 5.60 Å². The Labute approximate surface area is 194 Å². The smallest absolute Gasteiger partial charge is 0.348 e. The van der Waals surface area contributed by atoms with Crippen LogP contribution < -0.4 is 0 Å². The standard InChI is InChI=1S/C26H36O7/c1-23(2,3)22(31)33-20(21(29)30)26(32)11-9-17-16-7-6-14-12-15(27)8-10-24(14,4)19(16)18(28)13-25(17,26)5/h8,10,12,16-20,28,32H,6-7,9,11,13H2,1-5H3,(H,29,30)/t16-,17-,18-,19+,20-,24-,25-,26-/m0/s1. The minimum atomic E-state index is -1.79.